The molecule has 0 radical (unpaired) electrons. The number of carboxylic acid groups (broad SMARTS) is 1. The number of benzene rings is 1. The van der Waals surface area contributed by atoms with Gasteiger partial charge in [0.2, 0.25) is 0 Å². The summed E-state index contributed by atoms with van der Waals surface area (Å²) in [6.07, 6.45) is 1.91. The summed E-state index contributed by atoms with van der Waals surface area (Å²) in [6.45, 7) is 1.26. The summed E-state index contributed by atoms with van der Waals surface area (Å²) >= 11 is 1.51. The summed E-state index contributed by atoms with van der Waals surface area (Å²) in [7, 11) is 0. The number of carboxylic acids is 1. The first-order valence-corrected chi connectivity index (χ1v) is 9.19. The van der Waals surface area contributed by atoms with Crippen LogP contribution in [-0.4, -0.2) is 29.6 Å². The number of amides is 1. The lowest BCUT2D eigenvalue weighted by atomic mass is 10.0. The summed E-state index contributed by atoms with van der Waals surface area (Å²) in [5, 5.41) is 12.0. The molecule has 2 N–H and O–H groups in total. The van der Waals surface area contributed by atoms with Gasteiger partial charge in [-0.1, -0.05) is 30.3 Å². The van der Waals surface area contributed by atoms with Crippen LogP contribution in [0.3, 0.4) is 0 Å². The highest BCUT2D eigenvalue weighted by Gasteiger charge is 2.20. The summed E-state index contributed by atoms with van der Waals surface area (Å²) < 4.78 is 5.42. The molecule has 1 unspecified atom stereocenters. The topological polar surface area (TPSA) is 75.6 Å². The van der Waals surface area contributed by atoms with Gasteiger partial charge in [-0.3, -0.25) is 9.59 Å². The van der Waals surface area contributed by atoms with Crippen molar-refractivity contribution in [2.24, 2.45) is 0 Å². The van der Waals surface area contributed by atoms with Crippen molar-refractivity contribution in [3.63, 3.8) is 0 Å². The Morgan fingerprint density at radius 2 is 2.08 bits per heavy atom. The molecule has 6 heteroatoms. The molecule has 132 valence electrons. The Hall–Kier alpha value is -2.18. The first kappa shape index (κ1) is 17.6. The highest BCUT2D eigenvalue weighted by atomic mass is 32.1. The molecule has 0 spiro atoms. The molecule has 0 fully saturated rings. The van der Waals surface area contributed by atoms with E-state index in [1.54, 1.807) is 0 Å². The zero-order valence-electron chi connectivity index (χ0n) is 13.9. The van der Waals surface area contributed by atoms with Crippen molar-refractivity contribution >= 4 is 23.2 Å². The fourth-order valence-corrected chi connectivity index (χ4v) is 3.99. The van der Waals surface area contributed by atoms with Crippen LogP contribution in [0.2, 0.25) is 0 Å². The van der Waals surface area contributed by atoms with Crippen LogP contribution in [0.15, 0.2) is 36.4 Å². The monoisotopic (exact) mass is 359 g/mol. The number of rotatable bonds is 7. The Bertz CT molecular complexity index is 718. The highest BCUT2D eigenvalue weighted by Crippen LogP contribution is 2.27. The van der Waals surface area contributed by atoms with Crippen molar-refractivity contribution in [1.82, 2.24) is 5.32 Å². The van der Waals surface area contributed by atoms with Crippen molar-refractivity contribution in [3.05, 3.63) is 57.3 Å². The summed E-state index contributed by atoms with van der Waals surface area (Å²) in [5.41, 5.74) is 2.17. The lowest BCUT2D eigenvalue weighted by Crippen LogP contribution is -2.36. The summed E-state index contributed by atoms with van der Waals surface area (Å²) in [6, 6.07) is 11.5. The maximum atomic E-state index is 12.6. The molecule has 1 aliphatic rings. The number of hydrogen-bond donors (Lipinski definition) is 2. The SMILES string of the molecule is O=C(O)CCC(Cc1ccccc1)NC(=O)c1cc2c(s1)CCOC2. The Balaban J connectivity index is 1.68. The molecule has 1 aromatic carbocycles. The molecule has 1 aromatic heterocycles. The minimum atomic E-state index is -0.851. The van der Waals surface area contributed by atoms with E-state index in [-0.39, 0.29) is 18.4 Å². The number of fused-ring (bicyclic) bond motifs is 1. The molecule has 0 saturated heterocycles. The molecule has 0 aliphatic carbocycles. The van der Waals surface area contributed by atoms with Gasteiger partial charge in [0.15, 0.2) is 0 Å². The van der Waals surface area contributed by atoms with E-state index in [0.29, 0.717) is 30.9 Å². The van der Waals surface area contributed by atoms with Gasteiger partial charge in [-0.25, -0.2) is 0 Å². The fourth-order valence-electron chi connectivity index (χ4n) is 2.94. The molecule has 2 heterocycles. The molecular weight excluding hydrogens is 338 g/mol. The summed E-state index contributed by atoms with van der Waals surface area (Å²) in [4.78, 5) is 25.4. The largest absolute Gasteiger partial charge is 0.481 e. The van der Waals surface area contributed by atoms with Gasteiger partial charge in [-0.15, -0.1) is 11.3 Å². The van der Waals surface area contributed by atoms with Gasteiger partial charge in [0.05, 0.1) is 18.1 Å². The lowest BCUT2D eigenvalue weighted by molar-refractivity contribution is -0.137. The van der Waals surface area contributed by atoms with E-state index in [1.165, 1.54) is 16.2 Å². The number of carbonyl (C=O) groups excluding carboxylic acids is 1. The maximum absolute atomic E-state index is 12.6. The average molecular weight is 359 g/mol. The van der Waals surface area contributed by atoms with E-state index in [4.69, 9.17) is 9.84 Å². The van der Waals surface area contributed by atoms with E-state index in [0.717, 1.165) is 17.5 Å². The lowest BCUT2D eigenvalue weighted by Gasteiger charge is -2.18. The molecule has 0 bridgehead atoms. The van der Waals surface area contributed by atoms with Crippen LogP contribution < -0.4 is 5.32 Å². The normalized spacial score (nSPS) is 14.6. The number of hydrogen-bond acceptors (Lipinski definition) is 4. The van der Waals surface area contributed by atoms with Crippen LogP contribution in [0.4, 0.5) is 0 Å². The zero-order valence-corrected chi connectivity index (χ0v) is 14.7. The fraction of sp³-hybridized carbons (Fsp3) is 0.368. The van der Waals surface area contributed by atoms with E-state index in [1.807, 2.05) is 36.4 Å². The van der Waals surface area contributed by atoms with Gasteiger partial charge < -0.3 is 15.2 Å². The first-order valence-electron chi connectivity index (χ1n) is 8.37. The summed E-state index contributed by atoms with van der Waals surface area (Å²) in [5.74, 6) is -0.984. The third kappa shape index (κ3) is 4.90. The number of nitrogens with one attached hydrogen (secondary N) is 1. The predicted octanol–water partition coefficient (Wildman–Crippen LogP) is 3.03. The number of carbonyl (C=O) groups is 2. The van der Waals surface area contributed by atoms with Gasteiger partial charge >= 0.3 is 5.97 Å². The van der Waals surface area contributed by atoms with Crippen molar-refractivity contribution in [1.29, 1.82) is 0 Å². The molecule has 1 aliphatic heterocycles. The van der Waals surface area contributed by atoms with Crippen molar-refractivity contribution in [2.45, 2.75) is 38.3 Å². The average Bonchev–Trinajstić information content (AvgIpc) is 3.05. The van der Waals surface area contributed by atoms with Gasteiger partial charge in [-0.05, 0) is 30.0 Å². The molecule has 1 atom stereocenters. The second-order valence-corrected chi connectivity index (χ2v) is 7.29. The molecular formula is C19H21NO4S. The zero-order chi connectivity index (χ0) is 17.6. The second kappa shape index (κ2) is 8.27. The van der Waals surface area contributed by atoms with Crippen molar-refractivity contribution < 1.29 is 19.4 Å². The highest BCUT2D eigenvalue weighted by molar-refractivity contribution is 7.14. The molecule has 1 amide bonds. The van der Waals surface area contributed by atoms with Crippen LogP contribution in [0.1, 0.15) is 38.5 Å². The smallest absolute Gasteiger partial charge is 0.303 e. The van der Waals surface area contributed by atoms with Crippen LogP contribution in [0.5, 0.6) is 0 Å². The Morgan fingerprint density at radius 3 is 2.80 bits per heavy atom. The Morgan fingerprint density at radius 1 is 1.28 bits per heavy atom. The Kier molecular flexibility index (Phi) is 5.83. The van der Waals surface area contributed by atoms with Crippen molar-refractivity contribution in [2.75, 3.05) is 6.61 Å². The molecule has 0 saturated carbocycles. The van der Waals surface area contributed by atoms with E-state index >= 15 is 0 Å². The van der Waals surface area contributed by atoms with Gasteiger partial charge in [0.1, 0.15) is 0 Å². The number of aliphatic carboxylic acids is 1. The first-order chi connectivity index (χ1) is 12.1. The maximum Gasteiger partial charge on any atom is 0.303 e. The van der Waals surface area contributed by atoms with Crippen LogP contribution in [0, 0.1) is 0 Å². The molecule has 5 nitrogen and oxygen atoms in total. The van der Waals surface area contributed by atoms with Crippen molar-refractivity contribution in [3.8, 4) is 0 Å². The van der Waals surface area contributed by atoms with Crippen LogP contribution >= 0.6 is 11.3 Å². The second-order valence-electron chi connectivity index (χ2n) is 6.15. The third-order valence-electron chi connectivity index (χ3n) is 4.22. The van der Waals surface area contributed by atoms with Gasteiger partial charge in [0.25, 0.3) is 5.91 Å². The van der Waals surface area contributed by atoms with E-state index in [9.17, 15) is 9.59 Å². The predicted molar refractivity (Wildman–Crippen MR) is 95.9 cm³/mol. The van der Waals surface area contributed by atoms with Crippen LogP contribution in [0.25, 0.3) is 0 Å². The number of ether oxygens (including phenoxy) is 1. The third-order valence-corrected chi connectivity index (χ3v) is 5.45. The van der Waals surface area contributed by atoms with Crippen LogP contribution in [-0.2, 0) is 29.0 Å². The molecule has 2 aromatic rings. The Labute approximate surface area is 150 Å². The quantitative estimate of drug-likeness (QED) is 0.797. The molecule has 3 rings (SSSR count). The van der Waals surface area contributed by atoms with E-state index < -0.39 is 5.97 Å². The number of thiophene rings is 1. The minimum Gasteiger partial charge on any atom is -0.481 e. The minimum absolute atomic E-state index is 0.0343. The van der Waals surface area contributed by atoms with Gasteiger partial charge in [0, 0.05) is 23.8 Å². The molecule has 25 heavy (non-hydrogen) atoms. The standard InChI is InChI=1S/C19H21NO4S/c21-18(22)7-6-15(10-13-4-2-1-3-5-13)20-19(23)17-11-14-12-24-9-8-16(14)25-17/h1-5,11,15H,6-10,12H2,(H,20,23)(H,21,22). The van der Waals surface area contributed by atoms with E-state index in [2.05, 4.69) is 5.32 Å². The van der Waals surface area contributed by atoms with Gasteiger partial charge in [-0.2, -0.15) is 0 Å².